The van der Waals surface area contributed by atoms with Crippen LogP contribution in [0.5, 0.6) is 0 Å². The third-order valence-electron chi connectivity index (χ3n) is 5.76. The number of amides is 1. The molecule has 1 aliphatic carbocycles. The number of benzene rings is 2. The number of non-ortho nitro benzene ring substituents is 1. The van der Waals surface area contributed by atoms with Crippen molar-refractivity contribution >= 4 is 29.3 Å². The zero-order valence-corrected chi connectivity index (χ0v) is 16.8. The fourth-order valence-electron chi connectivity index (χ4n) is 4.30. The number of nitro groups is 1. The first-order valence-corrected chi connectivity index (χ1v) is 10.2. The molecule has 2 aliphatic rings. The lowest BCUT2D eigenvalue weighted by molar-refractivity contribution is -0.384. The summed E-state index contributed by atoms with van der Waals surface area (Å²) in [6.07, 6.45) is 7.85. The maximum absolute atomic E-state index is 12.5. The van der Waals surface area contributed by atoms with Crippen molar-refractivity contribution in [2.45, 2.75) is 37.6 Å². The van der Waals surface area contributed by atoms with Crippen LogP contribution >= 0.6 is 0 Å². The van der Waals surface area contributed by atoms with Crippen molar-refractivity contribution in [3.8, 4) is 0 Å². The second-order valence-electron chi connectivity index (χ2n) is 7.92. The van der Waals surface area contributed by atoms with Crippen LogP contribution < -0.4 is 10.7 Å². The van der Waals surface area contributed by atoms with Crippen LogP contribution in [0.15, 0.2) is 59.7 Å². The number of carbonyl (C=O) groups is 2. The molecule has 0 radical (unpaired) electrons. The van der Waals surface area contributed by atoms with E-state index in [0.29, 0.717) is 11.3 Å². The molecule has 2 aromatic carbocycles. The predicted octanol–water partition coefficient (Wildman–Crippen LogP) is 3.11. The molecule has 4 rings (SSSR count). The number of hydrogen-bond donors (Lipinski definition) is 2. The Bertz CT molecular complexity index is 1100. The summed E-state index contributed by atoms with van der Waals surface area (Å²) in [5.41, 5.74) is 5.25. The Morgan fingerprint density at radius 2 is 1.90 bits per heavy atom. The molecule has 0 saturated heterocycles. The van der Waals surface area contributed by atoms with Gasteiger partial charge in [0.2, 0.25) is 5.78 Å². The van der Waals surface area contributed by atoms with Gasteiger partial charge in [0.25, 0.3) is 5.69 Å². The van der Waals surface area contributed by atoms with Crippen molar-refractivity contribution in [2.24, 2.45) is 5.10 Å². The molecule has 158 valence electrons. The summed E-state index contributed by atoms with van der Waals surface area (Å²) >= 11 is 0. The summed E-state index contributed by atoms with van der Waals surface area (Å²) in [4.78, 5) is 35.1. The van der Waals surface area contributed by atoms with Gasteiger partial charge in [-0.15, -0.1) is 0 Å². The fourth-order valence-corrected chi connectivity index (χ4v) is 4.30. The first-order chi connectivity index (χ1) is 15.0. The Morgan fingerprint density at radius 3 is 2.68 bits per heavy atom. The van der Waals surface area contributed by atoms with Crippen molar-refractivity contribution in [3.05, 3.63) is 81.4 Å². The van der Waals surface area contributed by atoms with Gasteiger partial charge < -0.3 is 5.32 Å². The van der Waals surface area contributed by atoms with E-state index in [1.807, 2.05) is 18.2 Å². The summed E-state index contributed by atoms with van der Waals surface area (Å²) in [7, 11) is 0. The second kappa shape index (κ2) is 8.51. The van der Waals surface area contributed by atoms with Crippen molar-refractivity contribution in [1.29, 1.82) is 0 Å². The standard InChI is InChI=1S/C23H22N4O4/c28-21(22(29)26-24-15-16-6-5-8-18(12-16)27(30)31)13-20-19-9-2-1-7-17(19)14-23(25-20)10-3-4-11-23/h1-2,5-9,12-13,15,25H,3-4,10-11,14H2,(H,26,29)/b20-13-,24-15-. The molecule has 2 N–H and O–H groups in total. The van der Waals surface area contributed by atoms with E-state index in [2.05, 4.69) is 21.9 Å². The third kappa shape index (κ3) is 4.53. The highest BCUT2D eigenvalue weighted by atomic mass is 16.6. The van der Waals surface area contributed by atoms with Gasteiger partial charge in [-0.3, -0.25) is 19.7 Å². The van der Waals surface area contributed by atoms with Crippen LogP contribution in [-0.4, -0.2) is 28.4 Å². The van der Waals surface area contributed by atoms with Crippen LogP contribution in [0, 0.1) is 10.1 Å². The van der Waals surface area contributed by atoms with Crippen LogP contribution in [-0.2, 0) is 16.0 Å². The number of nitro benzene ring substituents is 1. The lowest BCUT2D eigenvalue weighted by Crippen LogP contribution is -2.47. The SMILES string of the molecule is O=C(/C=C1\NC2(CCCC2)Cc2ccccc21)C(=O)N/N=C\c1cccc([N+](=O)[O-])c1. The Morgan fingerprint density at radius 1 is 1.13 bits per heavy atom. The maximum Gasteiger partial charge on any atom is 0.311 e. The minimum Gasteiger partial charge on any atom is -0.379 e. The van der Waals surface area contributed by atoms with E-state index in [4.69, 9.17) is 0 Å². The summed E-state index contributed by atoms with van der Waals surface area (Å²) in [6, 6.07) is 13.7. The molecule has 1 spiro atoms. The molecule has 0 unspecified atom stereocenters. The van der Waals surface area contributed by atoms with E-state index in [1.54, 1.807) is 6.07 Å². The van der Waals surface area contributed by atoms with Crippen molar-refractivity contribution in [3.63, 3.8) is 0 Å². The second-order valence-corrected chi connectivity index (χ2v) is 7.92. The molecule has 0 atom stereocenters. The van der Waals surface area contributed by atoms with Gasteiger partial charge in [-0.1, -0.05) is 49.2 Å². The topological polar surface area (TPSA) is 114 Å². The van der Waals surface area contributed by atoms with E-state index in [9.17, 15) is 19.7 Å². The van der Waals surface area contributed by atoms with E-state index in [0.717, 1.165) is 37.7 Å². The Labute approximate surface area is 179 Å². The van der Waals surface area contributed by atoms with Crippen LogP contribution in [0.1, 0.15) is 42.4 Å². The summed E-state index contributed by atoms with van der Waals surface area (Å²) in [5, 5.41) is 18.1. The molecular weight excluding hydrogens is 396 g/mol. The first-order valence-electron chi connectivity index (χ1n) is 10.2. The number of hydrazone groups is 1. The molecule has 1 amide bonds. The van der Waals surface area contributed by atoms with Gasteiger partial charge >= 0.3 is 5.91 Å². The highest BCUT2D eigenvalue weighted by Crippen LogP contribution is 2.39. The van der Waals surface area contributed by atoms with Gasteiger partial charge in [-0.25, -0.2) is 5.43 Å². The van der Waals surface area contributed by atoms with Crippen LogP contribution in [0.4, 0.5) is 5.69 Å². The number of nitrogens with one attached hydrogen (secondary N) is 2. The monoisotopic (exact) mass is 418 g/mol. The first kappa shape index (κ1) is 20.5. The summed E-state index contributed by atoms with van der Waals surface area (Å²) < 4.78 is 0. The average molecular weight is 418 g/mol. The average Bonchev–Trinajstić information content (AvgIpc) is 3.21. The Balaban J connectivity index is 1.48. The predicted molar refractivity (Wildman–Crippen MR) is 116 cm³/mol. The van der Waals surface area contributed by atoms with Gasteiger partial charge in [0.15, 0.2) is 0 Å². The Kier molecular flexibility index (Phi) is 5.62. The highest BCUT2D eigenvalue weighted by molar-refractivity contribution is 6.41. The molecule has 1 saturated carbocycles. The number of nitrogens with zero attached hydrogens (tertiary/aromatic N) is 2. The zero-order valence-electron chi connectivity index (χ0n) is 16.8. The minimum absolute atomic E-state index is 0.0584. The molecular formula is C23H22N4O4. The van der Waals surface area contributed by atoms with Crippen LogP contribution in [0.2, 0.25) is 0 Å². The largest absolute Gasteiger partial charge is 0.379 e. The van der Waals surface area contributed by atoms with Gasteiger partial charge in [-0.2, -0.15) is 5.10 Å². The van der Waals surface area contributed by atoms with Crippen molar-refractivity contribution < 1.29 is 14.5 Å². The molecule has 8 nitrogen and oxygen atoms in total. The van der Waals surface area contributed by atoms with Gasteiger partial charge in [0, 0.05) is 40.6 Å². The van der Waals surface area contributed by atoms with Gasteiger partial charge in [0.1, 0.15) is 0 Å². The van der Waals surface area contributed by atoms with Crippen LogP contribution in [0.3, 0.4) is 0 Å². The highest BCUT2D eigenvalue weighted by Gasteiger charge is 2.38. The van der Waals surface area contributed by atoms with E-state index in [-0.39, 0.29) is 11.2 Å². The van der Waals surface area contributed by atoms with E-state index >= 15 is 0 Å². The van der Waals surface area contributed by atoms with Crippen LogP contribution in [0.25, 0.3) is 5.70 Å². The molecule has 1 fully saturated rings. The molecule has 0 bridgehead atoms. The smallest absolute Gasteiger partial charge is 0.311 e. The lowest BCUT2D eigenvalue weighted by Gasteiger charge is -2.38. The Hall–Kier alpha value is -3.81. The number of hydrogen-bond acceptors (Lipinski definition) is 6. The lowest BCUT2D eigenvalue weighted by atomic mass is 9.82. The summed E-state index contributed by atoms with van der Waals surface area (Å²) in [6.45, 7) is 0. The van der Waals surface area contributed by atoms with E-state index in [1.165, 1.54) is 36.1 Å². The molecule has 1 aliphatic heterocycles. The number of ketones is 1. The molecule has 2 aromatic rings. The van der Waals surface area contributed by atoms with Gasteiger partial charge in [0.05, 0.1) is 11.1 Å². The molecule has 0 aromatic heterocycles. The quantitative estimate of drug-likeness (QED) is 0.255. The minimum atomic E-state index is -0.875. The number of carbonyl (C=O) groups excluding carboxylic acids is 2. The van der Waals surface area contributed by atoms with Crippen molar-refractivity contribution in [2.75, 3.05) is 0 Å². The number of fused-ring (bicyclic) bond motifs is 1. The molecule has 31 heavy (non-hydrogen) atoms. The van der Waals surface area contributed by atoms with Gasteiger partial charge in [-0.05, 0) is 24.8 Å². The normalized spacial score (nSPS) is 18.0. The maximum atomic E-state index is 12.5. The third-order valence-corrected chi connectivity index (χ3v) is 5.76. The molecule has 1 heterocycles. The summed E-state index contributed by atoms with van der Waals surface area (Å²) in [5.74, 6) is -1.59. The zero-order chi connectivity index (χ0) is 21.8. The molecule has 8 heteroatoms. The number of rotatable bonds is 5. The van der Waals surface area contributed by atoms with Crippen molar-refractivity contribution in [1.82, 2.24) is 10.7 Å². The fraction of sp³-hybridized carbons (Fsp3) is 0.261. The van der Waals surface area contributed by atoms with E-state index < -0.39 is 16.6 Å².